The van der Waals surface area contributed by atoms with Gasteiger partial charge in [0.1, 0.15) is 25.8 Å². The topological polar surface area (TPSA) is 156 Å². The first-order chi connectivity index (χ1) is 32.3. The minimum atomic E-state index is -1.20. The number of esters is 2. The fourth-order valence-electron chi connectivity index (χ4n) is 8.23. The average Bonchev–Trinajstić information content (AvgIpc) is 3.72. The summed E-state index contributed by atoms with van der Waals surface area (Å²) in [6, 6.07) is 23.2. The standard InChI is InChI=1S/C51H64B2O14/c1-8-63-47(55)42-30-36(11-10-35(42)34-62-27-26-60-23-22-58-19-18-54)51(37-12-17-46(43(31-37)48(56)64-9-2)65-29-28-61-25-24-59-21-20-57-7)44-32-38(52)13-15-40(44)41-16-14-39(33-45(41)51)53-66-49(3,4)50(5,6)67-53/h10-17,30-33,54H,8-9,18-29,34H2,1-7H3. The van der Waals surface area contributed by atoms with Crippen molar-refractivity contribution >= 4 is 37.8 Å². The van der Waals surface area contributed by atoms with E-state index >= 15 is 0 Å². The van der Waals surface area contributed by atoms with Gasteiger partial charge in [-0.05, 0) is 104 Å². The Balaban J connectivity index is 1.48. The molecule has 0 saturated carbocycles. The van der Waals surface area contributed by atoms with Gasteiger partial charge < -0.3 is 57.0 Å². The lowest BCUT2D eigenvalue weighted by molar-refractivity contribution is 0.00429. The second-order valence-electron chi connectivity index (χ2n) is 17.0. The van der Waals surface area contributed by atoms with E-state index < -0.39 is 35.7 Å². The Morgan fingerprint density at radius 2 is 1.13 bits per heavy atom. The third kappa shape index (κ3) is 12.0. The van der Waals surface area contributed by atoms with Gasteiger partial charge >= 0.3 is 19.1 Å². The minimum Gasteiger partial charge on any atom is -0.490 e. The molecule has 14 nitrogen and oxygen atoms in total. The van der Waals surface area contributed by atoms with E-state index in [4.69, 9.17) is 64.9 Å². The number of methoxy groups -OCH3 is 1. The van der Waals surface area contributed by atoms with Crippen LogP contribution in [0.5, 0.6) is 5.75 Å². The van der Waals surface area contributed by atoms with Gasteiger partial charge in [-0.3, -0.25) is 0 Å². The average molecular weight is 923 g/mol. The predicted molar refractivity (Wildman–Crippen MR) is 254 cm³/mol. The molecule has 0 bridgehead atoms. The molecule has 0 amide bonds. The highest BCUT2D eigenvalue weighted by atomic mass is 16.7. The molecule has 1 saturated heterocycles. The van der Waals surface area contributed by atoms with Gasteiger partial charge in [0, 0.05) is 7.11 Å². The molecule has 1 aliphatic heterocycles. The van der Waals surface area contributed by atoms with E-state index in [1.54, 1.807) is 33.1 Å². The van der Waals surface area contributed by atoms with E-state index in [0.29, 0.717) is 79.7 Å². The zero-order valence-electron chi connectivity index (χ0n) is 39.9. The maximum atomic E-state index is 14.0. The molecule has 4 aromatic carbocycles. The smallest absolute Gasteiger partial charge is 0.490 e. The van der Waals surface area contributed by atoms with E-state index in [2.05, 4.69) is 12.1 Å². The highest BCUT2D eigenvalue weighted by molar-refractivity contribution is 6.62. The van der Waals surface area contributed by atoms with Crippen LogP contribution in [0.1, 0.15) is 90.1 Å². The van der Waals surface area contributed by atoms with Crippen molar-refractivity contribution in [1.82, 2.24) is 0 Å². The van der Waals surface area contributed by atoms with E-state index in [1.165, 1.54) is 0 Å². The fourth-order valence-corrected chi connectivity index (χ4v) is 8.23. The number of benzene rings is 4. The van der Waals surface area contributed by atoms with Gasteiger partial charge in [-0.2, -0.15) is 0 Å². The minimum absolute atomic E-state index is 0.0541. The lowest BCUT2D eigenvalue weighted by Crippen LogP contribution is -2.41. The van der Waals surface area contributed by atoms with Crippen LogP contribution >= 0.6 is 0 Å². The van der Waals surface area contributed by atoms with E-state index in [9.17, 15) is 9.59 Å². The molecule has 1 aliphatic carbocycles. The first-order valence-electron chi connectivity index (χ1n) is 23.0. The van der Waals surface area contributed by atoms with Crippen LogP contribution in [0.4, 0.5) is 0 Å². The van der Waals surface area contributed by atoms with Crippen LogP contribution < -0.4 is 15.7 Å². The van der Waals surface area contributed by atoms with Crippen LogP contribution in [0.25, 0.3) is 11.1 Å². The largest absolute Gasteiger partial charge is 0.494 e. The van der Waals surface area contributed by atoms with Gasteiger partial charge in [0.15, 0.2) is 0 Å². The second kappa shape index (κ2) is 24.1. The molecule has 1 unspecified atom stereocenters. The molecule has 16 heteroatoms. The monoisotopic (exact) mass is 922 g/mol. The van der Waals surface area contributed by atoms with Crippen molar-refractivity contribution in [3.8, 4) is 16.9 Å². The highest BCUT2D eigenvalue weighted by Gasteiger charge is 2.53. The van der Waals surface area contributed by atoms with Crippen molar-refractivity contribution in [1.29, 1.82) is 0 Å². The molecular weight excluding hydrogens is 858 g/mol. The van der Waals surface area contributed by atoms with Crippen molar-refractivity contribution in [3.63, 3.8) is 0 Å². The molecule has 4 aromatic rings. The Kier molecular flexibility index (Phi) is 18.6. The number of carbonyl (C=O) groups excluding carboxylic acids is 2. The molecular formula is C51H64B2O14. The Labute approximate surface area is 396 Å². The Bertz CT molecular complexity index is 2180. The molecule has 2 aliphatic rings. The summed E-state index contributed by atoms with van der Waals surface area (Å²) in [4.78, 5) is 28.0. The van der Waals surface area contributed by atoms with Gasteiger partial charge in [0.25, 0.3) is 0 Å². The third-order valence-electron chi connectivity index (χ3n) is 12.2. The molecule has 67 heavy (non-hydrogen) atoms. The van der Waals surface area contributed by atoms with Gasteiger partial charge in [0.05, 0.1) is 115 Å². The molecule has 1 heterocycles. The molecule has 358 valence electrons. The van der Waals surface area contributed by atoms with Crippen molar-refractivity contribution in [2.45, 2.75) is 64.8 Å². The van der Waals surface area contributed by atoms with Gasteiger partial charge in [-0.25, -0.2) is 9.59 Å². The second-order valence-corrected chi connectivity index (χ2v) is 17.0. The SMILES string of the molecule is [B]c1ccc2c(c1)C(c1ccc(COCCOCCOCCO)c(C(=O)OCC)c1)(c1ccc(OCCOCCOCCOC)c(C(=O)OCC)c1)c1cc(B3OC(C)(C)C(C)(C)O3)ccc1-2. The lowest BCUT2D eigenvalue weighted by Gasteiger charge is -2.35. The first-order valence-corrected chi connectivity index (χ1v) is 23.0. The van der Waals surface area contributed by atoms with Crippen molar-refractivity contribution in [2.75, 3.05) is 99.6 Å². The lowest BCUT2D eigenvalue weighted by atomic mass is 9.65. The number of hydrogen-bond donors (Lipinski definition) is 1. The zero-order valence-corrected chi connectivity index (χ0v) is 39.9. The molecule has 0 spiro atoms. The maximum Gasteiger partial charge on any atom is 0.494 e. The molecule has 1 N–H and O–H groups in total. The Morgan fingerprint density at radius 3 is 1.75 bits per heavy atom. The summed E-state index contributed by atoms with van der Waals surface area (Å²) >= 11 is 0. The van der Waals surface area contributed by atoms with Crippen molar-refractivity contribution < 1.29 is 66.6 Å². The summed E-state index contributed by atoms with van der Waals surface area (Å²) in [7, 11) is 7.60. The number of aliphatic hydroxyl groups excluding tert-OH is 1. The first kappa shape index (κ1) is 51.8. The highest BCUT2D eigenvalue weighted by Crippen LogP contribution is 2.56. The Morgan fingerprint density at radius 1 is 0.612 bits per heavy atom. The third-order valence-corrected chi connectivity index (χ3v) is 12.2. The molecule has 1 atom stereocenters. The van der Waals surface area contributed by atoms with Gasteiger partial charge in [-0.15, -0.1) is 0 Å². The molecule has 0 aromatic heterocycles. The zero-order chi connectivity index (χ0) is 48.0. The van der Waals surface area contributed by atoms with E-state index in [-0.39, 0.29) is 58.4 Å². The molecule has 2 radical (unpaired) electrons. The van der Waals surface area contributed by atoms with Crippen molar-refractivity contribution in [2.24, 2.45) is 0 Å². The summed E-state index contributed by atoms with van der Waals surface area (Å²) in [5.74, 6) is -0.775. The molecule has 1 fully saturated rings. The number of carbonyl (C=O) groups is 2. The van der Waals surface area contributed by atoms with Crippen LogP contribution in [-0.4, -0.2) is 143 Å². The Hall–Kier alpha value is -4.61. The summed E-state index contributed by atoms with van der Waals surface area (Å²) < 4.78 is 63.9. The van der Waals surface area contributed by atoms with E-state index in [1.807, 2.05) is 76.2 Å². The predicted octanol–water partition coefficient (Wildman–Crippen LogP) is 5.10. The number of ether oxygens (including phenoxy) is 9. The fraction of sp³-hybridized carbons (Fsp3) is 0.490. The van der Waals surface area contributed by atoms with Crippen LogP contribution in [0, 0.1) is 0 Å². The normalized spacial score (nSPS) is 16.7. The summed E-state index contributed by atoms with van der Waals surface area (Å²) in [6.45, 7) is 15.6. The van der Waals surface area contributed by atoms with Crippen LogP contribution in [0.15, 0.2) is 72.8 Å². The van der Waals surface area contributed by atoms with Gasteiger partial charge in [-0.1, -0.05) is 60.1 Å². The number of aliphatic hydroxyl groups is 1. The summed E-state index contributed by atoms with van der Waals surface area (Å²) in [6.07, 6.45) is 0. The van der Waals surface area contributed by atoms with Gasteiger partial charge in [0.2, 0.25) is 0 Å². The van der Waals surface area contributed by atoms with Crippen LogP contribution in [-0.2, 0) is 59.2 Å². The van der Waals surface area contributed by atoms with Crippen molar-refractivity contribution in [3.05, 3.63) is 112 Å². The number of rotatable bonds is 27. The van der Waals surface area contributed by atoms with Crippen LogP contribution in [0.3, 0.4) is 0 Å². The molecule has 6 rings (SSSR count). The van der Waals surface area contributed by atoms with E-state index in [0.717, 1.165) is 27.7 Å². The van der Waals surface area contributed by atoms with Crippen LogP contribution in [0.2, 0.25) is 0 Å². The quantitative estimate of drug-likeness (QED) is 0.0422. The summed E-state index contributed by atoms with van der Waals surface area (Å²) in [5.41, 5.74) is 4.94. The maximum absolute atomic E-state index is 14.0. The summed E-state index contributed by atoms with van der Waals surface area (Å²) in [5, 5.41) is 8.94. The number of hydrogen-bond acceptors (Lipinski definition) is 14. The number of fused-ring (bicyclic) bond motifs is 3.